The topological polar surface area (TPSA) is 66.9 Å². The van der Waals surface area contributed by atoms with Gasteiger partial charge in [-0.3, -0.25) is 4.79 Å². The van der Waals surface area contributed by atoms with Gasteiger partial charge in [-0.2, -0.15) is 0 Å². The molecule has 0 radical (unpaired) electrons. The summed E-state index contributed by atoms with van der Waals surface area (Å²) < 4.78 is 0. The van der Waals surface area contributed by atoms with E-state index in [1.165, 1.54) is 18.0 Å². The number of benzene rings is 2. The second-order valence-corrected chi connectivity index (χ2v) is 6.18. The van der Waals surface area contributed by atoms with Crippen LogP contribution in [-0.4, -0.2) is 15.9 Å². The van der Waals surface area contributed by atoms with Crippen LogP contribution in [-0.2, 0) is 0 Å². The van der Waals surface area contributed by atoms with Crippen LogP contribution in [0, 0.1) is 6.92 Å². The highest BCUT2D eigenvalue weighted by atomic mass is 35.5. The second-order valence-electron chi connectivity index (χ2n) is 5.37. The molecule has 1 heterocycles. The molecule has 126 valence electrons. The average Bonchev–Trinajstić information content (AvgIpc) is 2.61. The molecule has 0 unspecified atom stereocenters. The van der Waals surface area contributed by atoms with Crippen LogP contribution in [0.5, 0.6) is 0 Å². The summed E-state index contributed by atoms with van der Waals surface area (Å²) in [5.74, 6) is 0.0789. The summed E-state index contributed by atoms with van der Waals surface area (Å²) >= 11 is 11.8. The first-order valence-corrected chi connectivity index (χ1v) is 8.19. The molecular formula is C18H14Cl2N4O. The summed E-state index contributed by atoms with van der Waals surface area (Å²) in [4.78, 5) is 20.6. The number of carbonyl (C=O) groups is 1. The highest BCUT2D eigenvalue weighted by Gasteiger charge is 2.09. The highest BCUT2D eigenvalue weighted by molar-refractivity contribution is 6.42. The number of anilines is 3. The van der Waals surface area contributed by atoms with Gasteiger partial charge in [0.05, 0.1) is 15.6 Å². The first-order valence-electron chi connectivity index (χ1n) is 7.43. The molecule has 0 aliphatic rings. The van der Waals surface area contributed by atoms with Gasteiger partial charge in [0.1, 0.15) is 0 Å². The Hall–Kier alpha value is -2.63. The van der Waals surface area contributed by atoms with Gasteiger partial charge in [0, 0.05) is 23.8 Å². The maximum atomic E-state index is 12.2. The molecule has 0 atom stereocenters. The van der Waals surface area contributed by atoms with Crippen molar-refractivity contribution in [1.29, 1.82) is 0 Å². The SMILES string of the molecule is Cc1ccc(Nc2ncc(C(=O)Nc3ccc(Cl)c(Cl)c3)cn2)cc1. The summed E-state index contributed by atoms with van der Waals surface area (Å²) in [5.41, 5.74) is 2.92. The van der Waals surface area contributed by atoms with Crippen molar-refractivity contribution in [1.82, 2.24) is 9.97 Å². The van der Waals surface area contributed by atoms with E-state index in [0.29, 0.717) is 27.2 Å². The maximum Gasteiger partial charge on any atom is 0.258 e. The fourth-order valence-electron chi connectivity index (χ4n) is 2.05. The normalized spacial score (nSPS) is 10.4. The van der Waals surface area contributed by atoms with Crippen LogP contribution in [0.4, 0.5) is 17.3 Å². The fourth-order valence-corrected chi connectivity index (χ4v) is 2.35. The van der Waals surface area contributed by atoms with E-state index in [0.717, 1.165) is 5.69 Å². The number of rotatable bonds is 4. The molecule has 0 saturated carbocycles. The molecule has 0 spiro atoms. The lowest BCUT2D eigenvalue weighted by molar-refractivity contribution is 0.102. The Bertz CT molecular complexity index is 896. The zero-order chi connectivity index (χ0) is 17.8. The van der Waals surface area contributed by atoms with Crippen LogP contribution < -0.4 is 10.6 Å². The van der Waals surface area contributed by atoms with E-state index in [4.69, 9.17) is 23.2 Å². The van der Waals surface area contributed by atoms with Crippen molar-refractivity contribution in [3.8, 4) is 0 Å². The third-order valence-corrected chi connectivity index (χ3v) is 4.14. The number of aromatic nitrogens is 2. The van der Waals surface area contributed by atoms with E-state index < -0.39 is 0 Å². The van der Waals surface area contributed by atoms with E-state index >= 15 is 0 Å². The number of hydrogen-bond acceptors (Lipinski definition) is 4. The van der Waals surface area contributed by atoms with Crippen LogP contribution in [0.15, 0.2) is 54.9 Å². The van der Waals surface area contributed by atoms with Crippen molar-refractivity contribution < 1.29 is 4.79 Å². The van der Waals surface area contributed by atoms with Gasteiger partial charge in [-0.25, -0.2) is 9.97 Å². The third kappa shape index (κ3) is 4.47. The summed E-state index contributed by atoms with van der Waals surface area (Å²) in [6.45, 7) is 2.02. The number of carbonyl (C=O) groups excluding carboxylic acids is 1. The molecule has 0 bridgehead atoms. The molecule has 3 rings (SSSR count). The summed E-state index contributed by atoms with van der Waals surface area (Å²) in [6, 6.07) is 12.7. The van der Waals surface area contributed by atoms with Crippen molar-refractivity contribution in [3.05, 3.63) is 76.0 Å². The van der Waals surface area contributed by atoms with Gasteiger partial charge in [-0.05, 0) is 37.3 Å². The van der Waals surface area contributed by atoms with Crippen molar-refractivity contribution in [2.24, 2.45) is 0 Å². The standard InChI is InChI=1S/C18H14Cl2N4O/c1-11-2-4-13(5-3-11)24-18-21-9-12(10-22-18)17(25)23-14-6-7-15(19)16(20)8-14/h2-10H,1H3,(H,23,25)(H,21,22,24). The maximum absolute atomic E-state index is 12.2. The molecule has 0 fully saturated rings. The van der Waals surface area contributed by atoms with Crippen LogP contribution in [0.25, 0.3) is 0 Å². The van der Waals surface area contributed by atoms with Gasteiger partial charge in [0.25, 0.3) is 5.91 Å². The zero-order valence-corrected chi connectivity index (χ0v) is 14.8. The lowest BCUT2D eigenvalue weighted by Crippen LogP contribution is -2.13. The molecule has 3 aromatic rings. The summed E-state index contributed by atoms with van der Waals surface area (Å²) in [5, 5.41) is 6.59. The van der Waals surface area contributed by atoms with E-state index in [-0.39, 0.29) is 5.91 Å². The smallest absolute Gasteiger partial charge is 0.258 e. The Labute approximate surface area is 155 Å². The molecule has 0 saturated heterocycles. The van der Waals surface area contributed by atoms with Gasteiger partial charge >= 0.3 is 0 Å². The minimum Gasteiger partial charge on any atom is -0.324 e. The predicted molar refractivity (Wildman–Crippen MR) is 101 cm³/mol. The monoisotopic (exact) mass is 372 g/mol. The van der Waals surface area contributed by atoms with Gasteiger partial charge in [0.15, 0.2) is 0 Å². The number of halogens is 2. The quantitative estimate of drug-likeness (QED) is 0.669. The van der Waals surface area contributed by atoms with Gasteiger partial charge in [0.2, 0.25) is 5.95 Å². The fraction of sp³-hybridized carbons (Fsp3) is 0.0556. The lowest BCUT2D eigenvalue weighted by atomic mass is 10.2. The summed E-state index contributed by atoms with van der Waals surface area (Å²) in [7, 11) is 0. The second kappa shape index (κ2) is 7.51. The van der Waals surface area contributed by atoms with Crippen LogP contribution in [0.2, 0.25) is 10.0 Å². The molecule has 1 aromatic heterocycles. The van der Waals surface area contributed by atoms with Crippen LogP contribution in [0.1, 0.15) is 15.9 Å². The highest BCUT2D eigenvalue weighted by Crippen LogP contribution is 2.25. The Kier molecular flexibility index (Phi) is 5.16. The van der Waals surface area contributed by atoms with E-state index in [1.807, 2.05) is 31.2 Å². The number of nitrogens with one attached hydrogen (secondary N) is 2. The van der Waals surface area contributed by atoms with Crippen molar-refractivity contribution in [2.45, 2.75) is 6.92 Å². The minimum absolute atomic E-state index is 0.333. The number of nitrogens with zero attached hydrogens (tertiary/aromatic N) is 2. The largest absolute Gasteiger partial charge is 0.324 e. The third-order valence-electron chi connectivity index (χ3n) is 3.40. The lowest BCUT2D eigenvalue weighted by Gasteiger charge is -2.07. The molecule has 0 aliphatic heterocycles. The van der Waals surface area contributed by atoms with Crippen molar-refractivity contribution in [2.75, 3.05) is 10.6 Å². The zero-order valence-electron chi connectivity index (χ0n) is 13.3. The van der Waals surface area contributed by atoms with Gasteiger partial charge in [-0.15, -0.1) is 0 Å². The Morgan fingerprint density at radius 1 is 0.920 bits per heavy atom. The molecule has 7 heteroatoms. The molecule has 5 nitrogen and oxygen atoms in total. The first-order chi connectivity index (χ1) is 12.0. The van der Waals surface area contributed by atoms with E-state index in [2.05, 4.69) is 20.6 Å². The van der Waals surface area contributed by atoms with Crippen molar-refractivity contribution in [3.63, 3.8) is 0 Å². The summed E-state index contributed by atoms with van der Waals surface area (Å²) in [6.07, 6.45) is 2.91. The average molecular weight is 373 g/mol. The van der Waals surface area contributed by atoms with Crippen molar-refractivity contribution >= 4 is 46.4 Å². The molecule has 0 aliphatic carbocycles. The van der Waals surface area contributed by atoms with Gasteiger partial charge in [-0.1, -0.05) is 40.9 Å². The molecular weight excluding hydrogens is 359 g/mol. The Morgan fingerprint density at radius 3 is 2.20 bits per heavy atom. The number of hydrogen-bond donors (Lipinski definition) is 2. The van der Waals surface area contributed by atoms with E-state index in [9.17, 15) is 4.79 Å². The Balaban J connectivity index is 1.67. The van der Waals surface area contributed by atoms with Crippen LogP contribution >= 0.6 is 23.2 Å². The first kappa shape index (κ1) is 17.2. The van der Waals surface area contributed by atoms with Gasteiger partial charge < -0.3 is 10.6 Å². The molecule has 2 aromatic carbocycles. The predicted octanol–water partition coefficient (Wildman–Crippen LogP) is 5.09. The Morgan fingerprint density at radius 2 is 1.56 bits per heavy atom. The van der Waals surface area contributed by atoms with Crippen LogP contribution in [0.3, 0.4) is 0 Å². The molecule has 25 heavy (non-hydrogen) atoms. The number of amides is 1. The minimum atomic E-state index is -0.333. The van der Waals surface area contributed by atoms with E-state index in [1.54, 1.807) is 18.2 Å². The molecule has 2 N–H and O–H groups in total. The molecule has 1 amide bonds. The number of aryl methyl sites for hydroxylation is 1.